The number of aryl methyl sites for hydroxylation is 1. The quantitative estimate of drug-likeness (QED) is 0.760. The van der Waals surface area contributed by atoms with Crippen molar-refractivity contribution in [1.82, 2.24) is 24.7 Å². The predicted octanol–water partition coefficient (Wildman–Crippen LogP) is 2.27. The first-order chi connectivity index (χ1) is 12.3. The zero-order chi connectivity index (χ0) is 17.2. The summed E-state index contributed by atoms with van der Waals surface area (Å²) in [6, 6.07) is 7.48. The number of carbonyl (C=O) groups excluding carboxylic acids is 1. The first-order valence-corrected chi connectivity index (χ1v) is 8.18. The maximum Gasteiger partial charge on any atom is 0.276 e. The van der Waals surface area contributed by atoms with E-state index in [1.54, 1.807) is 13.3 Å². The highest BCUT2D eigenvalue weighted by molar-refractivity contribution is 6.02. The van der Waals surface area contributed by atoms with Crippen LogP contribution in [-0.4, -0.2) is 37.7 Å². The number of para-hydroxylation sites is 1. The monoisotopic (exact) mass is 338 g/mol. The van der Waals surface area contributed by atoms with Gasteiger partial charge < -0.3 is 9.30 Å². The number of anilines is 1. The number of nitrogens with zero attached hydrogens (tertiary/aromatic N) is 4. The van der Waals surface area contributed by atoms with Crippen LogP contribution in [-0.2, 0) is 13.0 Å². The lowest BCUT2D eigenvalue weighted by atomic mass is 10.1. The lowest BCUT2D eigenvalue weighted by molar-refractivity contribution is 0.101. The standard InChI is InChI=1S/C17H18N6O2/c1-25-13-7-3-2-6-11(13)15-19-17(22-21-15)20-16(24)12-10-18-14-8-4-5-9-23(12)14/h2-3,6-7,10H,4-5,8-9H2,1H3,(H2,19,20,21,22,24). The van der Waals surface area contributed by atoms with Crippen LogP contribution in [0.4, 0.5) is 5.95 Å². The van der Waals surface area contributed by atoms with E-state index in [9.17, 15) is 4.79 Å². The number of fused-ring (bicyclic) bond motifs is 1. The number of methoxy groups -OCH3 is 1. The fourth-order valence-electron chi connectivity index (χ4n) is 3.04. The fourth-order valence-corrected chi connectivity index (χ4v) is 3.04. The van der Waals surface area contributed by atoms with Gasteiger partial charge in [-0.05, 0) is 25.0 Å². The van der Waals surface area contributed by atoms with Crippen molar-refractivity contribution in [3.8, 4) is 17.1 Å². The van der Waals surface area contributed by atoms with Crippen LogP contribution in [0.1, 0.15) is 29.2 Å². The number of aromatic amines is 1. The molecule has 0 radical (unpaired) electrons. The van der Waals surface area contributed by atoms with Crippen molar-refractivity contribution in [1.29, 1.82) is 0 Å². The summed E-state index contributed by atoms with van der Waals surface area (Å²) in [6.45, 7) is 0.818. The number of aromatic nitrogens is 5. The Morgan fingerprint density at radius 3 is 3.08 bits per heavy atom. The van der Waals surface area contributed by atoms with E-state index < -0.39 is 0 Å². The van der Waals surface area contributed by atoms with Gasteiger partial charge in [0.05, 0.1) is 18.9 Å². The highest BCUT2D eigenvalue weighted by Gasteiger charge is 2.20. The average Bonchev–Trinajstić information content (AvgIpc) is 3.28. The van der Waals surface area contributed by atoms with Crippen molar-refractivity contribution >= 4 is 11.9 Å². The molecule has 4 rings (SSSR count). The zero-order valence-corrected chi connectivity index (χ0v) is 13.8. The zero-order valence-electron chi connectivity index (χ0n) is 13.8. The molecule has 1 amide bonds. The molecule has 0 aliphatic carbocycles. The maximum atomic E-state index is 12.5. The molecule has 0 bridgehead atoms. The SMILES string of the molecule is COc1ccccc1-c1nc(NC(=O)c2cnc3n2CCCC3)n[nH]1. The number of benzene rings is 1. The van der Waals surface area contributed by atoms with Gasteiger partial charge in [0.15, 0.2) is 5.82 Å². The molecule has 8 heteroatoms. The molecule has 3 aromatic rings. The van der Waals surface area contributed by atoms with Gasteiger partial charge >= 0.3 is 0 Å². The highest BCUT2D eigenvalue weighted by atomic mass is 16.5. The Kier molecular flexibility index (Phi) is 3.93. The number of rotatable bonds is 4. The molecular weight excluding hydrogens is 320 g/mol. The summed E-state index contributed by atoms with van der Waals surface area (Å²) in [4.78, 5) is 21.2. The second-order valence-electron chi connectivity index (χ2n) is 5.83. The fraction of sp³-hybridized carbons (Fsp3) is 0.294. The van der Waals surface area contributed by atoms with Gasteiger partial charge in [-0.1, -0.05) is 12.1 Å². The minimum atomic E-state index is -0.258. The number of ether oxygens (including phenoxy) is 1. The lowest BCUT2D eigenvalue weighted by Gasteiger charge is -2.15. The molecule has 2 N–H and O–H groups in total. The van der Waals surface area contributed by atoms with Crippen molar-refractivity contribution in [2.75, 3.05) is 12.4 Å². The lowest BCUT2D eigenvalue weighted by Crippen LogP contribution is -2.21. The van der Waals surface area contributed by atoms with Crippen molar-refractivity contribution < 1.29 is 9.53 Å². The van der Waals surface area contributed by atoms with Gasteiger partial charge in [0.1, 0.15) is 17.3 Å². The third-order valence-corrected chi connectivity index (χ3v) is 4.28. The van der Waals surface area contributed by atoms with Crippen molar-refractivity contribution in [3.05, 3.63) is 42.0 Å². The van der Waals surface area contributed by atoms with Crippen molar-refractivity contribution in [2.45, 2.75) is 25.8 Å². The highest BCUT2D eigenvalue weighted by Crippen LogP contribution is 2.27. The van der Waals surface area contributed by atoms with Gasteiger partial charge in [-0.25, -0.2) is 4.98 Å². The molecular formula is C17H18N6O2. The molecule has 0 atom stereocenters. The molecule has 0 spiro atoms. The largest absolute Gasteiger partial charge is 0.496 e. The molecule has 0 saturated heterocycles. The third-order valence-electron chi connectivity index (χ3n) is 4.28. The molecule has 0 unspecified atom stereocenters. The Hall–Kier alpha value is -3.16. The predicted molar refractivity (Wildman–Crippen MR) is 91.5 cm³/mol. The minimum absolute atomic E-state index is 0.220. The summed E-state index contributed by atoms with van der Waals surface area (Å²) in [5, 5.41) is 9.64. The normalized spacial score (nSPS) is 13.3. The molecule has 3 heterocycles. The molecule has 8 nitrogen and oxygen atoms in total. The van der Waals surface area contributed by atoms with E-state index in [4.69, 9.17) is 4.74 Å². The molecule has 0 fully saturated rings. The van der Waals surface area contributed by atoms with E-state index in [2.05, 4.69) is 25.5 Å². The van der Waals surface area contributed by atoms with Gasteiger partial charge in [-0.3, -0.25) is 15.2 Å². The van der Waals surface area contributed by atoms with Gasteiger partial charge in [0.2, 0.25) is 5.95 Å². The van der Waals surface area contributed by atoms with E-state index in [-0.39, 0.29) is 11.9 Å². The number of H-pyrrole nitrogens is 1. The minimum Gasteiger partial charge on any atom is -0.496 e. The van der Waals surface area contributed by atoms with E-state index in [0.29, 0.717) is 17.3 Å². The number of nitrogens with one attached hydrogen (secondary N) is 2. The van der Waals surface area contributed by atoms with Gasteiger partial charge in [-0.15, -0.1) is 5.10 Å². The van der Waals surface area contributed by atoms with E-state index >= 15 is 0 Å². The van der Waals surface area contributed by atoms with Gasteiger partial charge in [0.25, 0.3) is 5.91 Å². The summed E-state index contributed by atoms with van der Waals surface area (Å²) in [5.74, 6) is 2.13. The Labute approximate surface area is 144 Å². The first kappa shape index (κ1) is 15.4. The topological polar surface area (TPSA) is 97.7 Å². The van der Waals surface area contributed by atoms with Crippen LogP contribution in [0.25, 0.3) is 11.4 Å². The summed E-state index contributed by atoms with van der Waals surface area (Å²) in [5.41, 5.74) is 1.32. The molecule has 1 aliphatic heterocycles. The third kappa shape index (κ3) is 2.86. The smallest absolute Gasteiger partial charge is 0.276 e. The Balaban J connectivity index is 1.55. The second-order valence-corrected chi connectivity index (χ2v) is 5.83. The number of amides is 1. The Bertz CT molecular complexity index is 914. The first-order valence-electron chi connectivity index (χ1n) is 8.18. The molecule has 128 valence electrons. The average molecular weight is 338 g/mol. The molecule has 1 aliphatic rings. The number of carbonyl (C=O) groups is 1. The molecule has 25 heavy (non-hydrogen) atoms. The number of hydrogen-bond donors (Lipinski definition) is 2. The summed E-state index contributed by atoms with van der Waals surface area (Å²) in [7, 11) is 1.60. The molecule has 1 aromatic carbocycles. The van der Waals surface area contributed by atoms with Crippen LogP contribution >= 0.6 is 0 Å². The Morgan fingerprint density at radius 1 is 1.32 bits per heavy atom. The van der Waals surface area contributed by atoms with E-state index in [1.807, 2.05) is 28.8 Å². The van der Waals surface area contributed by atoms with Crippen LogP contribution in [0.2, 0.25) is 0 Å². The maximum absolute atomic E-state index is 12.5. The van der Waals surface area contributed by atoms with Crippen LogP contribution in [0.3, 0.4) is 0 Å². The summed E-state index contributed by atoms with van der Waals surface area (Å²) < 4.78 is 7.29. The molecule has 0 saturated carbocycles. The van der Waals surface area contributed by atoms with E-state index in [1.165, 1.54) is 0 Å². The molecule has 2 aromatic heterocycles. The van der Waals surface area contributed by atoms with Crippen LogP contribution in [0, 0.1) is 0 Å². The van der Waals surface area contributed by atoms with Crippen molar-refractivity contribution in [2.24, 2.45) is 0 Å². The number of imidazole rings is 1. The van der Waals surface area contributed by atoms with Crippen LogP contribution in [0.5, 0.6) is 5.75 Å². The second kappa shape index (κ2) is 6.39. The summed E-state index contributed by atoms with van der Waals surface area (Å²) >= 11 is 0. The van der Waals surface area contributed by atoms with Gasteiger partial charge in [0, 0.05) is 13.0 Å². The summed E-state index contributed by atoms with van der Waals surface area (Å²) in [6.07, 6.45) is 4.69. The van der Waals surface area contributed by atoms with Crippen molar-refractivity contribution in [3.63, 3.8) is 0 Å². The van der Waals surface area contributed by atoms with Crippen LogP contribution < -0.4 is 10.1 Å². The van der Waals surface area contributed by atoms with Crippen LogP contribution in [0.15, 0.2) is 30.5 Å². The van der Waals surface area contributed by atoms with Gasteiger partial charge in [-0.2, -0.15) is 4.98 Å². The van der Waals surface area contributed by atoms with E-state index in [0.717, 1.165) is 37.2 Å². The number of hydrogen-bond acceptors (Lipinski definition) is 5. The Morgan fingerprint density at radius 2 is 2.20 bits per heavy atom.